The zero-order chi connectivity index (χ0) is 42.1. The Hall–Kier alpha value is -5.46. The van der Waals surface area contributed by atoms with Crippen molar-refractivity contribution in [2.75, 3.05) is 40.6 Å². The molecule has 13 nitrogen and oxygen atoms in total. The number of primary amides is 1. The number of carbonyl (C=O) groups excluding carboxylic acids is 2. The van der Waals surface area contributed by atoms with Gasteiger partial charge in [0.15, 0.2) is 28.6 Å². The molecule has 0 aromatic carbocycles. The molecule has 0 unspecified atom stereocenters. The normalized spacial score (nSPS) is 14.8. The van der Waals surface area contributed by atoms with Crippen LogP contribution in [0.1, 0.15) is 99.7 Å². The van der Waals surface area contributed by atoms with Crippen molar-refractivity contribution >= 4 is 38.9 Å². The third-order valence-electron chi connectivity index (χ3n) is 9.71. The van der Waals surface area contributed by atoms with E-state index in [9.17, 15) is 27.2 Å². The lowest BCUT2D eigenvalue weighted by Gasteiger charge is -2.19. The molecular formula is C41H42BrF4N7O6. The van der Waals surface area contributed by atoms with Gasteiger partial charge in [-0.05, 0) is 83.6 Å². The van der Waals surface area contributed by atoms with Gasteiger partial charge in [-0.1, -0.05) is 12.1 Å². The summed E-state index contributed by atoms with van der Waals surface area (Å²) in [5.74, 6) is 1.05. The van der Waals surface area contributed by atoms with Crippen molar-refractivity contribution in [3.63, 3.8) is 0 Å². The topological polar surface area (TPSA) is 157 Å². The number of aromatic nitrogens is 6. The van der Waals surface area contributed by atoms with Crippen LogP contribution in [0.15, 0.2) is 77.8 Å². The summed E-state index contributed by atoms with van der Waals surface area (Å²) in [4.78, 5) is 39.6. The molecular weight excluding hydrogens is 842 g/mol. The van der Waals surface area contributed by atoms with E-state index in [0.29, 0.717) is 28.8 Å². The highest BCUT2D eigenvalue weighted by Crippen LogP contribution is 2.31. The maximum Gasteiger partial charge on any atom is 0.280 e. The van der Waals surface area contributed by atoms with Crippen LogP contribution in [-0.4, -0.2) is 81.1 Å². The number of ketones is 1. The van der Waals surface area contributed by atoms with Gasteiger partial charge in [0.1, 0.15) is 22.8 Å². The van der Waals surface area contributed by atoms with E-state index in [1.54, 1.807) is 20.3 Å². The first-order valence-electron chi connectivity index (χ1n) is 18.7. The fourth-order valence-corrected chi connectivity index (χ4v) is 7.12. The Bertz CT molecular complexity index is 2380. The monoisotopic (exact) mass is 883 g/mol. The molecule has 0 spiro atoms. The minimum atomic E-state index is -2.71. The van der Waals surface area contributed by atoms with Gasteiger partial charge < -0.3 is 33.5 Å². The van der Waals surface area contributed by atoms with E-state index in [2.05, 4.69) is 32.1 Å². The molecule has 2 N–H and O–H groups in total. The number of methoxy groups -OCH3 is 2. The number of hydrogen-bond acceptors (Lipinski definition) is 10. The van der Waals surface area contributed by atoms with Crippen LogP contribution >= 0.6 is 15.9 Å². The Morgan fingerprint density at radius 2 is 1.20 bits per heavy atom. The number of amides is 1. The summed E-state index contributed by atoms with van der Waals surface area (Å²) in [7, 11) is 3.22. The average molecular weight is 885 g/mol. The van der Waals surface area contributed by atoms with Crippen molar-refractivity contribution in [3.05, 3.63) is 118 Å². The first-order chi connectivity index (χ1) is 28.4. The molecule has 0 atom stereocenters. The van der Waals surface area contributed by atoms with Gasteiger partial charge in [-0.2, -0.15) is 0 Å². The zero-order valence-electron chi connectivity index (χ0n) is 32.2. The van der Waals surface area contributed by atoms with Crippen LogP contribution in [-0.2, 0) is 15.9 Å². The molecule has 2 saturated heterocycles. The van der Waals surface area contributed by atoms with E-state index in [4.69, 9.17) is 34.6 Å². The molecule has 0 aliphatic carbocycles. The number of Topliss-reactive ketones (excluding diaryl/α,β-unsaturated/α-hetero) is 1. The molecule has 59 heavy (non-hydrogen) atoms. The van der Waals surface area contributed by atoms with Gasteiger partial charge in [0.05, 0.1) is 25.6 Å². The SMILES string of the molecule is COc1cc(Br)cn2cc(C3CCOCC3)nc12.COc1cc(CC(=O)c2cccc(C(F)F)n2)cn2cc(C3CCOCC3)nc12.NC(=O)c1cccc(C(F)F)n1. The lowest BCUT2D eigenvalue weighted by molar-refractivity contribution is 0.0845. The summed E-state index contributed by atoms with van der Waals surface area (Å²) in [5, 5.41) is 0. The van der Waals surface area contributed by atoms with Gasteiger partial charge in [-0.15, -0.1) is 0 Å². The molecule has 312 valence electrons. The van der Waals surface area contributed by atoms with Crippen molar-refractivity contribution in [2.24, 2.45) is 5.73 Å². The maximum absolute atomic E-state index is 12.9. The second kappa shape index (κ2) is 20.0. The number of rotatable bonds is 10. The number of nitrogens with two attached hydrogens (primary N) is 1. The number of imidazole rings is 2. The first-order valence-corrected chi connectivity index (χ1v) is 19.5. The average Bonchev–Trinajstić information content (AvgIpc) is 3.89. The highest BCUT2D eigenvalue weighted by molar-refractivity contribution is 9.10. The van der Waals surface area contributed by atoms with E-state index in [1.807, 2.05) is 33.5 Å². The largest absolute Gasteiger partial charge is 0.493 e. The fraction of sp³-hybridized carbons (Fsp3) is 0.366. The van der Waals surface area contributed by atoms with Crippen LogP contribution in [0.5, 0.6) is 11.5 Å². The predicted octanol–water partition coefficient (Wildman–Crippen LogP) is 8.11. The van der Waals surface area contributed by atoms with Gasteiger partial charge in [0.2, 0.25) is 0 Å². The number of halogens is 5. The summed E-state index contributed by atoms with van der Waals surface area (Å²) in [6.07, 6.45) is 6.45. The van der Waals surface area contributed by atoms with Gasteiger partial charge in [0, 0.05) is 73.9 Å². The molecule has 0 radical (unpaired) electrons. The van der Waals surface area contributed by atoms with Crippen LogP contribution in [0.3, 0.4) is 0 Å². The molecule has 6 aromatic rings. The van der Waals surface area contributed by atoms with Crippen molar-refractivity contribution in [3.8, 4) is 11.5 Å². The lowest BCUT2D eigenvalue weighted by atomic mass is 9.97. The maximum atomic E-state index is 12.9. The van der Waals surface area contributed by atoms with E-state index in [1.165, 1.54) is 30.3 Å². The first kappa shape index (κ1) is 43.1. The minimum absolute atomic E-state index is 0.0235. The number of fused-ring (bicyclic) bond motifs is 2. The Morgan fingerprint density at radius 1 is 0.729 bits per heavy atom. The van der Waals surface area contributed by atoms with Crippen LogP contribution < -0.4 is 15.2 Å². The van der Waals surface area contributed by atoms with Gasteiger partial charge in [-0.25, -0.2) is 37.5 Å². The Labute approximate surface area is 345 Å². The summed E-state index contributed by atoms with van der Waals surface area (Å²) in [6.45, 7) is 3.11. The molecule has 0 saturated carbocycles. The van der Waals surface area contributed by atoms with Gasteiger partial charge in [-0.3, -0.25) is 9.59 Å². The Morgan fingerprint density at radius 3 is 1.69 bits per heavy atom. The summed E-state index contributed by atoms with van der Waals surface area (Å²) in [6, 6.07) is 11.5. The Kier molecular flexibility index (Phi) is 14.6. The fourth-order valence-electron chi connectivity index (χ4n) is 6.69. The van der Waals surface area contributed by atoms with E-state index >= 15 is 0 Å². The number of alkyl halides is 4. The molecule has 8 rings (SSSR count). The lowest BCUT2D eigenvalue weighted by Crippen LogP contribution is -2.14. The second-order valence-electron chi connectivity index (χ2n) is 13.7. The van der Waals surface area contributed by atoms with Crippen molar-refractivity contribution < 1.29 is 46.1 Å². The Balaban J connectivity index is 0.000000165. The second-order valence-corrected chi connectivity index (χ2v) is 14.6. The number of nitrogens with zero attached hydrogens (tertiary/aromatic N) is 6. The quantitative estimate of drug-likeness (QED) is 0.105. The van der Waals surface area contributed by atoms with Crippen molar-refractivity contribution in [1.82, 2.24) is 28.7 Å². The molecule has 2 aliphatic heterocycles. The van der Waals surface area contributed by atoms with Gasteiger partial charge in [0.25, 0.3) is 18.8 Å². The number of hydrogen-bond donors (Lipinski definition) is 1. The smallest absolute Gasteiger partial charge is 0.280 e. The van der Waals surface area contributed by atoms with Crippen LogP contribution in [0.25, 0.3) is 11.3 Å². The van der Waals surface area contributed by atoms with Crippen molar-refractivity contribution in [1.29, 1.82) is 0 Å². The summed E-state index contributed by atoms with van der Waals surface area (Å²) in [5.41, 5.74) is 8.23. The number of carbonyl (C=O) groups is 2. The van der Waals surface area contributed by atoms with Crippen LogP contribution in [0.4, 0.5) is 17.6 Å². The molecule has 0 bridgehead atoms. The van der Waals surface area contributed by atoms with E-state index in [-0.39, 0.29) is 23.6 Å². The van der Waals surface area contributed by atoms with E-state index in [0.717, 1.165) is 85.4 Å². The third-order valence-corrected chi connectivity index (χ3v) is 10.1. The zero-order valence-corrected chi connectivity index (χ0v) is 33.8. The highest BCUT2D eigenvalue weighted by atomic mass is 79.9. The standard InChI is InChI=1S/C21H21F2N3O3.C13H15BrN2O2.C7H6F2N2O/c1-28-19-10-13(9-18(27)15-3-2-4-16(24-15)20(22)23)11-26-12-17(25-21(19)26)14-5-7-29-8-6-14;1-17-12-6-10(14)7-16-8-11(15-13(12)16)9-2-4-18-5-3-9;8-6(9)4-2-1-3-5(11-4)7(10)12/h2-4,10-12,14,20H,5-9H2,1H3;6-9H,2-5H2,1H3;1-3,6H,(H2,10,12). The van der Waals surface area contributed by atoms with Crippen LogP contribution in [0, 0.1) is 0 Å². The minimum Gasteiger partial charge on any atom is -0.493 e. The molecule has 6 aromatic heterocycles. The molecule has 2 fully saturated rings. The van der Waals surface area contributed by atoms with Gasteiger partial charge >= 0.3 is 0 Å². The third kappa shape index (κ3) is 11.0. The molecule has 1 amide bonds. The van der Waals surface area contributed by atoms with Crippen molar-refractivity contribution in [2.45, 2.75) is 56.8 Å². The molecule has 18 heteroatoms. The van der Waals surface area contributed by atoms with Crippen LogP contribution in [0.2, 0.25) is 0 Å². The summed E-state index contributed by atoms with van der Waals surface area (Å²) < 4.78 is 76.2. The molecule has 8 heterocycles. The number of pyridine rings is 4. The predicted molar refractivity (Wildman–Crippen MR) is 212 cm³/mol. The van der Waals surface area contributed by atoms with E-state index < -0.39 is 30.1 Å². The molecule has 2 aliphatic rings. The number of ether oxygens (including phenoxy) is 4. The highest BCUT2D eigenvalue weighted by Gasteiger charge is 2.22. The summed E-state index contributed by atoms with van der Waals surface area (Å²) >= 11 is 3.48.